The highest BCUT2D eigenvalue weighted by molar-refractivity contribution is 5.05. The van der Waals surface area contributed by atoms with E-state index in [1.807, 2.05) is 0 Å². The summed E-state index contributed by atoms with van der Waals surface area (Å²) in [6.45, 7) is 4.37. The van der Waals surface area contributed by atoms with Crippen LogP contribution in [-0.4, -0.2) is 23.4 Å². The molecule has 0 bridgehead atoms. The molecule has 1 spiro atoms. The van der Waals surface area contributed by atoms with Crippen LogP contribution in [0.5, 0.6) is 0 Å². The lowest BCUT2D eigenvalue weighted by atomic mass is 9.56. The van der Waals surface area contributed by atoms with Crippen LogP contribution in [0.15, 0.2) is 0 Å². The molecule has 2 aliphatic rings. The Morgan fingerprint density at radius 1 is 1.31 bits per heavy atom. The van der Waals surface area contributed by atoms with Gasteiger partial charge in [0.15, 0.2) is 0 Å². The first kappa shape index (κ1) is 12.4. The number of hydrogen-bond acceptors (Lipinski definition) is 2. The van der Waals surface area contributed by atoms with Gasteiger partial charge in [-0.25, -0.2) is 0 Å². The lowest BCUT2D eigenvalue weighted by Gasteiger charge is -2.56. The molecule has 3 unspecified atom stereocenters. The zero-order valence-corrected chi connectivity index (χ0v) is 10.7. The molecule has 0 saturated heterocycles. The molecule has 0 aliphatic heterocycles. The summed E-state index contributed by atoms with van der Waals surface area (Å²) in [6.07, 6.45) is 10.1. The van der Waals surface area contributed by atoms with Crippen molar-refractivity contribution in [3.8, 4) is 0 Å². The molecule has 94 valence electrons. The zero-order valence-electron chi connectivity index (χ0n) is 10.7. The third-order valence-electron chi connectivity index (χ3n) is 4.62. The highest BCUT2D eigenvalue weighted by Gasteiger charge is 2.55. The van der Waals surface area contributed by atoms with E-state index in [2.05, 4.69) is 13.8 Å². The van der Waals surface area contributed by atoms with Gasteiger partial charge in [-0.1, -0.05) is 32.6 Å². The van der Waals surface area contributed by atoms with Crippen LogP contribution in [0.25, 0.3) is 0 Å². The highest BCUT2D eigenvalue weighted by atomic mass is 16.5. The summed E-state index contributed by atoms with van der Waals surface area (Å²) in [5.74, 6) is 0. The second-order valence-corrected chi connectivity index (χ2v) is 5.77. The maximum atomic E-state index is 10.1. The van der Waals surface area contributed by atoms with Crippen molar-refractivity contribution in [1.82, 2.24) is 0 Å². The van der Waals surface area contributed by atoms with Crippen molar-refractivity contribution in [2.45, 2.75) is 83.5 Å². The van der Waals surface area contributed by atoms with E-state index in [1.165, 1.54) is 38.5 Å². The molecule has 2 saturated carbocycles. The Labute approximate surface area is 99.4 Å². The molecule has 0 radical (unpaired) electrons. The quantitative estimate of drug-likeness (QED) is 0.797. The molecule has 2 nitrogen and oxygen atoms in total. The Morgan fingerprint density at radius 3 is 2.56 bits per heavy atom. The summed E-state index contributed by atoms with van der Waals surface area (Å²) < 4.78 is 6.13. The third kappa shape index (κ3) is 2.14. The maximum absolute atomic E-state index is 10.1. The molecule has 2 fully saturated rings. The van der Waals surface area contributed by atoms with Gasteiger partial charge in [0, 0.05) is 11.8 Å². The smallest absolute Gasteiger partial charge is 0.0684 e. The minimum atomic E-state index is -0.0911. The lowest BCUT2D eigenvalue weighted by molar-refractivity contribution is -0.220. The Hall–Kier alpha value is -0.0800. The van der Waals surface area contributed by atoms with Gasteiger partial charge in [0.1, 0.15) is 0 Å². The first-order valence-electron chi connectivity index (χ1n) is 7.02. The summed E-state index contributed by atoms with van der Waals surface area (Å²) in [5.41, 5.74) is 0.139. The Kier molecular flexibility index (Phi) is 3.91. The van der Waals surface area contributed by atoms with Crippen LogP contribution in [0.2, 0.25) is 0 Å². The van der Waals surface area contributed by atoms with Gasteiger partial charge in [-0.05, 0) is 26.2 Å². The van der Waals surface area contributed by atoms with Gasteiger partial charge in [0.2, 0.25) is 0 Å². The van der Waals surface area contributed by atoms with Crippen molar-refractivity contribution in [3.63, 3.8) is 0 Å². The first-order valence-corrected chi connectivity index (χ1v) is 7.02. The first-order chi connectivity index (χ1) is 7.69. The molecule has 0 aromatic carbocycles. The van der Waals surface area contributed by atoms with Gasteiger partial charge in [0.25, 0.3) is 0 Å². The van der Waals surface area contributed by atoms with Gasteiger partial charge in [-0.3, -0.25) is 0 Å². The average molecular weight is 226 g/mol. The Balaban J connectivity index is 1.90. The fraction of sp³-hybridized carbons (Fsp3) is 1.00. The zero-order chi connectivity index (χ0) is 11.6. The summed E-state index contributed by atoms with van der Waals surface area (Å²) >= 11 is 0. The summed E-state index contributed by atoms with van der Waals surface area (Å²) in [6, 6.07) is 0. The van der Waals surface area contributed by atoms with Crippen molar-refractivity contribution < 1.29 is 9.84 Å². The van der Waals surface area contributed by atoms with Gasteiger partial charge in [-0.15, -0.1) is 0 Å². The average Bonchev–Trinajstić information content (AvgIpc) is 2.30. The molecule has 0 aromatic heterocycles. The molecule has 2 aliphatic carbocycles. The summed E-state index contributed by atoms with van der Waals surface area (Å²) in [4.78, 5) is 0. The summed E-state index contributed by atoms with van der Waals surface area (Å²) in [5, 5.41) is 10.1. The van der Waals surface area contributed by atoms with E-state index >= 15 is 0 Å². The topological polar surface area (TPSA) is 29.5 Å². The van der Waals surface area contributed by atoms with E-state index in [0.717, 1.165) is 12.8 Å². The van der Waals surface area contributed by atoms with Crippen molar-refractivity contribution >= 4 is 0 Å². The van der Waals surface area contributed by atoms with Gasteiger partial charge in [-0.2, -0.15) is 0 Å². The van der Waals surface area contributed by atoms with Crippen LogP contribution in [0.1, 0.15) is 65.2 Å². The molecule has 3 atom stereocenters. The van der Waals surface area contributed by atoms with Gasteiger partial charge < -0.3 is 9.84 Å². The highest BCUT2D eigenvalue weighted by Crippen LogP contribution is 2.53. The molecule has 16 heavy (non-hydrogen) atoms. The van der Waals surface area contributed by atoms with Gasteiger partial charge >= 0.3 is 0 Å². The number of aliphatic hydroxyl groups is 1. The van der Waals surface area contributed by atoms with Crippen LogP contribution >= 0.6 is 0 Å². The molecule has 2 heteroatoms. The van der Waals surface area contributed by atoms with Crippen LogP contribution in [0, 0.1) is 5.41 Å². The van der Waals surface area contributed by atoms with Crippen LogP contribution in [-0.2, 0) is 4.74 Å². The number of ether oxygens (including phenoxy) is 1. The molecule has 0 amide bonds. The Morgan fingerprint density at radius 2 is 2.00 bits per heavy atom. The maximum Gasteiger partial charge on any atom is 0.0684 e. The third-order valence-corrected chi connectivity index (χ3v) is 4.62. The SMILES string of the molecule is CCCC(C)OC1CC(O)C12CCCCC2. The van der Waals surface area contributed by atoms with E-state index in [1.54, 1.807) is 0 Å². The molecule has 0 aromatic rings. The number of aliphatic hydroxyl groups excluding tert-OH is 1. The van der Waals surface area contributed by atoms with Crippen molar-refractivity contribution in [2.24, 2.45) is 5.41 Å². The van der Waals surface area contributed by atoms with E-state index in [-0.39, 0.29) is 11.5 Å². The lowest BCUT2D eigenvalue weighted by Crippen LogP contribution is -2.59. The predicted molar refractivity (Wildman–Crippen MR) is 65.4 cm³/mol. The Bertz CT molecular complexity index is 221. The summed E-state index contributed by atoms with van der Waals surface area (Å²) in [7, 11) is 0. The second kappa shape index (κ2) is 5.05. The van der Waals surface area contributed by atoms with Crippen LogP contribution in [0.3, 0.4) is 0 Å². The fourth-order valence-electron chi connectivity index (χ4n) is 3.54. The fourth-order valence-corrected chi connectivity index (χ4v) is 3.54. The monoisotopic (exact) mass is 226 g/mol. The van der Waals surface area contributed by atoms with E-state index in [9.17, 15) is 5.11 Å². The normalized spacial score (nSPS) is 34.7. The second-order valence-electron chi connectivity index (χ2n) is 5.77. The molecule has 2 rings (SSSR count). The molecular weight excluding hydrogens is 200 g/mol. The van der Waals surface area contributed by atoms with E-state index in [4.69, 9.17) is 4.74 Å². The molecule has 1 N–H and O–H groups in total. The predicted octanol–water partition coefficient (Wildman–Crippen LogP) is 3.28. The standard InChI is InChI=1S/C14H26O2/c1-3-7-11(2)16-13-10-12(15)14(13)8-5-4-6-9-14/h11-13,15H,3-10H2,1-2H3. The van der Waals surface area contributed by atoms with Crippen LogP contribution < -0.4 is 0 Å². The van der Waals surface area contributed by atoms with Crippen molar-refractivity contribution in [1.29, 1.82) is 0 Å². The number of hydrogen-bond donors (Lipinski definition) is 1. The van der Waals surface area contributed by atoms with Crippen molar-refractivity contribution in [3.05, 3.63) is 0 Å². The largest absolute Gasteiger partial charge is 0.392 e. The minimum Gasteiger partial charge on any atom is -0.392 e. The molecular formula is C14H26O2. The molecule has 0 heterocycles. The number of rotatable bonds is 4. The van der Waals surface area contributed by atoms with Crippen LogP contribution in [0.4, 0.5) is 0 Å². The van der Waals surface area contributed by atoms with E-state index < -0.39 is 0 Å². The van der Waals surface area contributed by atoms with Gasteiger partial charge in [0.05, 0.1) is 18.3 Å². The van der Waals surface area contributed by atoms with E-state index in [0.29, 0.717) is 12.2 Å². The minimum absolute atomic E-state index is 0.0911. The van der Waals surface area contributed by atoms with Crippen molar-refractivity contribution in [2.75, 3.05) is 0 Å².